The Morgan fingerprint density at radius 3 is 2.86 bits per heavy atom. The molecule has 2 heterocycles. The number of likely N-dealkylation sites (tertiary alicyclic amines) is 1. The van der Waals surface area contributed by atoms with Crippen molar-refractivity contribution < 1.29 is 12.8 Å². The van der Waals surface area contributed by atoms with E-state index in [1.807, 2.05) is 0 Å². The lowest BCUT2D eigenvalue weighted by Gasteiger charge is -2.32. The number of sulfonamides is 1. The molecule has 1 aromatic rings. The van der Waals surface area contributed by atoms with Crippen LogP contribution in [0.2, 0.25) is 0 Å². The molecule has 1 N–H and O–H groups in total. The fourth-order valence-electron chi connectivity index (χ4n) is 3.22. The summed E-state index contributed by atoms with van der Waals surface area (Å²) >= 11 is 0. The second-order valence-corrected chi connectivity index (χ2v) is 8.37. The molecule has 0 amide bonds. The van der Waals surface area contributed by atoms with E-state index in [9.17, 15) is 8.42 Å². The molecule has 2 aliphatic rings. The topological polar surface area (TPSA) is 62.6 Å². The van der Waals surface area contributed by atoms with Gasteiger partial charge in [0.05, 0.1) is 12.8 Å². The van der Waals surface area contributed by atoms with Gasteiger partial charge in [0.15, 0.2) is 0 Å². The van der Waals surface area contributed by atoms with E-state index in [1.165, 1.54) is 12.7 Å². The third-order valence-corrected chi connectivity index (χ3v) is 5.18. The molecule has 0 spiro atoms. The first-order valence-electron chi connectivity index (χ1n) is 7.69. The van der Waals surface area contributed by atoms with Crippen LogP contribution in [0, 0.1) is 5.92 Å². The van der Waals surface area contributed by atoms with Crippen molar-refractivity contribution in [2.75, 3.05) is 19.3 Å². The predicted molar refractivity (Wildman–Crippen MR) is 81.5 cm³/mol. The molecular weight excluding hydrogens is 288 g/mol. The second kappa shape index (κ2) is 5.74. The lowest BCUT2D eigenvalue weighted by atomic mass is 10.1. The summed E-state index contributed by atoms with van der Waals surface area (Å²) in [7, 11) is -3.13. The van der Waals surface area contributed by atoms with Crippen molar-refractivity contribution in [3.05, 3.63) is 23.7 Å². The summed E-state index contributed by atoms with van der Waals surface area (Å²) in [6.45, 7) is 4.77. The smallest absolute Gasteiger partial charge is 0.208 e. The van der Waals surface area contributed by atoms with Crippen molar-refractivity contribution in [3.63, 3.8) is 0 Å². The highest BCUT2D eigenvalue weighted by Crippen LogP contribution is 2.47. The Morgan fingerprint density at radius 1 is 1.43 bits per heavy atom. The van der Waals surface area contributed by atoms with Crippen LogP contribution in [-0.4, -0.2) is 38.7 Å². The minimum Gasteiger partial charge on any atom is -0.464 e. The molecule has 118 valence electrons. The summed E-state index contributed by atoms with van der Waals surface area (Å²) in [5.41, 5.74) is 0. The van der Waals surface area contributed by atoms with Crippen LogP contribution in [0.25, 0.3) is 0 Å². The minimum absolute atomic E-state index is 0.0200. The molecule has 0 radical (unpaired) electrons. The van der Waals surface area contributed by atoms with Crippen LogP contribution < -0.4 is 4.72 Å². The summed E-state index contributed by atoms with van der Waals surface area (Å²) in [6, 6.07) is 4.18. The lowest BCUT2D eigenvalue weighted by Crippen LogP contribution is -2.46. The second-order valence-electron chi connectivity index (χ2n) is 6.59. The molecule has 21 heavy (non-hydrogen) atoms. The molecule has 1 saturated heterocycles. The zero-order valence-electron chi connectivity index (χ0n) is 12.7. The van der Waals surface area contributed by atoms with Gasteiger partial charge in [0, 0.05) is 18.5 Å². The zero-order valence-corrected chi connectivity index (χ0v) is 13.5. The van der Waals surface area contributed by atoms with E-state index in [1.54, 1.807) is 0 Å². The SMILES string of the molecule is CC1CC1c1ccc(CN2CCCC(NS(C)(=O)=O)C2)o1. The van der Waals surface area contributed by atoms with E-state index in [0.717, 1.165) is 49.9 Å². The highest BCUT2D eigenvalue weighted by molar-refractivity contribution is 7.88. The van der Waals surface area contributed by atoms with Gasteiger partial charge in [-0.05, 0) is 43.9 Å². The summed E-state index contributed by atoms with van der Waals surface area (Å²) in [6.07, 6.45) is 4.38. The molecule has 1 aliphatic carbocycles. The first-order valence-corrected chi connectivity index (χ1v) is 9.58. The maximum absolute atomic E-state index is 11.3. The van der Waals surface area contributed by atoms with Crippen molar-refractivity contribution in [3.8, 4) is 0 Å². The highest BCUT2D eigenvalue weighted by Gasteiger charge is 2.36. The van der Waals surface area contributed by atoms with Crippen molar-refractivity contribution in [2.45, 2.75) is 44.7 Å². The van der Waals surface area contributed by atoms with Gasteiger partial charge in [-0.15, -0.1) is 0 Å². The molecule has 2 fully saturated rings. The Labute approximate surface area is 126 Å². The molecule has 1 aromatic heterocycles. The Kier molecular flexibility index (Phi) is 4.12. The van der Waals surface area contributed by atoms with Crippen LogP contribution in [0.15, 0.2) is 16.5 Å². The van der Waals surface area contributed by atoms with Gasteiger partial charge in [0.25, 0.3) is 0 Å². The maximum atomic E-state index is 11.3. The molecule has 0 bridgehead atoms. The number of hydrogen-bond donors (Lipinski definition) is 1. The quantitative estimate of drug-likeness (QED) is 0.902. The van der Waals surface area contributed by atoms with E-state index in [0.29, 0.717) is 5.92 Å². The normalized spacial score (nSPS) is 30.5. The number of nitrogens with zero attached hydrogens (tertiary/aromatic N) is 1. The van der Waals surface area contributed by atoms with E-state index in [4.69, 9.17) is 4.42 Å². The summed E-state index contributed by atoms with van der Waals surface area (Å²) < 4.78 is 31.3. The van der Waals surface area contributed by atoms with E-state index in [2.05, 4.69) is 28.7 Å². The number of piperidine rings is 1. The van der Waals surface area contributed by atoms with E-state index < -0.39 is 10.0 Å². The molecule has 3 unspecified atom stereocenters. The van der Waals surface area contributed by atoms with Crippen LogP contribution in [-0.2, 0) is 16.6 Å². The lowest BCUT2D eigenvalue weighted by molar-refractivity contribution is 0.181. The Morgan fingerprint density at radius 2 is 2.19 bits per heavy atom. The van der Waals surface area contributed by atoms with Gasteiger partial charge in [-0.3, -0.25) is 4.90 Å². The van der Waals surface area contributed by atoms with Gasteiger partial charge < -0.3 is 4.42 Å². The third kappa shape index (κ3) is 4.08. The van der Waals surface area contributed by atoms with Crippen molar-refractivity contribution in [2.24, 2.45) is 5.92 Å². The molecule has 0 aromatic carbocycles. The summed E-state index contributed by atoms with van der Waals surface area (Å²) in [5, 5.41) is 0. The van der Waals surface area contributed by atoms with E-state index >= 15 is 0 Å². The minimum atomic E-state index is -3.13. The largest absolute Gasteiger partial charge is 0.464 e. The number of furan rings is 1. The average molecular weight is 312 g/mol. The zero-order chi connectivity index (χ0) is 15.0. The fourth-order valence-corrected chi connectivity index (χ4v) is 4.01. The third-order valence-electron chi connectivity index (χ3n) is 4.42. The molecule has 1 aliphatic heterocycles. The predicted octanol–water partition coefficient (Wildman–Crippen LogP) is 1.92. The molecule has 6 heteroatoms. The first-order chi connectivity index (χ1) is 9.90. The molecule has 5 nitrogen and oxygen atoms in total. The Bertz CT molecular complexity index is 596. The van der Waals surface area contributed by atoms with Crippen LogP contribution in [0.5, 0.6) is 0 Å². The van der Waals surface area contributed by atoms with Gasteiger partial charge in [-0.25, -0.2) is 13.1 Å². The van der Waals surface area contributed by atoms with Crippen molar-refractivity contribution in [1.29, 1.82) is 0 Å². The van der Waals surface area contributed by atoms with E-state index in [-0.39, 0.29) is 6.04 Å². The number of hydrogen-bond acceptors (Lipinski definition) is 4. The Hall–Kier alpha value is -0.850. The fraction of sp³-hybridized carbons (Fsp3) is 0.733. The van der Waals surface area contributed by atoms with Gasteiger partial charge in [-0.2, -0.15) is 0 Å². The van der Waals surface area contributed by atoms with Gasteiger partial charge in [-0.1, -0.05) is 6.92 Å². The molecule has 1 saturated carbocycles. The molecule has 3 atom stereocenters. The monoisotopic (exact) mass is 312 g/mol. The molecular formula is C15H24N2O3S. The first kappa shape index (κ1) is 15.1. The molecule has 3 rings (SSSR count). The number of rotatable bonds is 5. The van der Waals surface area contributed by atoms with Gasteiger partial charge >= 0.3 is 0 Å². The van der Waals surface area contributed by atoms with Gasteiger partial charge in [0.2, 0.25) is 10.0 Å². The summed E-state index contributed by atoms with van der Waals surface area (Å²) in [5.74, 6) is 3.46. The summed E-state index contributed by atoms with van der Waals surface area (Å²) in [4.78, 5) is 2.27. The van der Waals surface area contributed by atoms with Gasteiger partial charge in [0.1, 0.15) is 11.5 Å². The van der Waals surface area contributed by atoms with Crippen molar-refractivity contribution >= 4 is 10.0 Å². The average Bonchev–Trinajstić information content (AvgIpc) is 2.93. The number of nitrogens with one attached hydrogen (secondary N) is 1. The Balaban J connectivity index is 1.56. The van der Waals surface area contributed by atoms with Crippen LogP contribution in [0.4, 0.5) is 0 Å². The standard InChI is InChI=1S/C15H24N2O3S/c1-11-8-14(11)15-6-5-13(20-15)10-17-7-3-4-12(9-17)16-21(2,18)19/h5-6,11-12,14,16H,3-4,7-10H2,1-2H3. The van der Waals surface area contributed by atoms with Crippen molar-refractivity contribution in [1.82, 2.24) is 9.62 Å². The van der Waals surface area contributed by atoms with Crippen LogP contribution in [0.1, 0.15) is 43.6 Å². The maximum Gasteiger partial charge on any atom is 0.208 e. The highest BCUT2D eigenvalue weighted by atomic mass is 32.2. The van der Waals surface area contributed by atoms with Crippen LogP contribution in [0.3, 0.4) is 0 Å². The van der Waals surface area contributed by atoms with Crippen LogP contribution >= 0.6 is 0 Å².